The second kappa shape index (κ2) is 3.93. The van der Waals surface area contributed by atoms with E-state index in [4.69, 9.17) is 0 Å². The van der Waals surface area contributed by atoms with Gasteiger partial charge in [-0.1, -0.05) is 0 Å². The number of piperidine rings is 1. The van der Waals surface area contributed by atoms with Gasteiger partial charge in [0.05, 0.1) is 0 Å². The number of nitrogens with one attached hydrogen (secondary N) is 2. The number of amides is 1. The van der Waals surface area contributed by atoms with Gasteiger partial charge in [0.1, 0.15) is 0 Å². The first-order valence-corrected chi connectivity index (χ1v) is 5.29. The van der Waals surface area contributed by atoms with E-state index in [1.54, 1.807) is 0 Å². The largest absolute Gasteiger partial charge is 0.347 e. The minimum atomic E-state index is -0.520. The first-order valence-electron chi connectivity index (χ1n) is 5.29. The molecule has 0 unspecified atom stereocenters. The molecule has 0 aliphatic carbocycles. The Hall–Kier alpha value is -0.900. The zero-order chi connectivity index (χ0) is 11.7. The van der Waals surface area contributed by atoms with Gasteiger partial charge in [0, 0.05) is 17.1 Å². The molecular weight excluding hydrogens is 192 g/mol. The van der Waals surface area contributed by atoms with Crippen LogP contribution in [-0.4, -0.2) is 29.3 Å². The second-order valence-corrected chi connectivity index (χ2v) is 5.62. The third kappa shape index (κ3) is 3.63. The van der Waals surface area contributed by atoms with Crippen LogP contribution in [-0.2, 0) is 9.59 Å². The summed E-state index contributed by atoms with van der Waals surface area (Å²) in [5.41, 5.74) is -0.0227. The highest BCUT2D eigenvalue weighted by atomic mass is 16.2. The number of hydrogen-bond donors (Lipinski definition) is 2. The molecule has 0 aromatic carbocycles. The lowest BCUT2D eigenvalue weighted by atomic mass is 9.79. The zero-order valence-electron chi connectivity index (χ0n) is 9.89. The summed E-state index contributed by atoms with van der Waals surface area (Å²) in [7, 11) is 0. The number of carbonyl (C=O) groups excluding carboxylic acids is 2. The van der Waals surface area contributed by atoms with E-state index in [-0.39, 0.29) is 17.1 Å². The maximum Gasteiger partial charge on any atom is 0.284 e. The summed E-state index contributed by atoms with van der Waals surface area (Å²) in [5.74, 6) is -0.520. The van der Waals surface area contributed by atoms with E-state index in [0.29, 0.717) is 6.29 Å². The molecule has 2 N–H and O–H groups in total. The van der Waals surface area contributed by atoms with Crippen LogP contribution in [0.5, 0.6) is 0 Å². The van der Waals surface area contributed by atoms with Gasteiger partial charge in [0.2, 0.25) is 6.29 Å². The molecule has 0 aromatic heterocycles. The highest BCUT2D eigenvalue weighted by Gasteiger charge is 2.37. The standard InChI is InChI=1S/C11H20N2O2/c1-10(2)5-8(12-9(15)7-14)6-11(3,4)13-10/h7-8,13H,5-6H2,1-4H3,(H,12,15). The maximum atomic E-state index is 11.0. The number of rotatable bonds is 2. The maximum absolute atomic E-state index is 11.0. The van der Waals surface area contributed by atoms with E-state index in [0.717, 1.165) is 12.8 Å². The van der Waals surface area contributed by atoms with Crippen molar-refractivity contribution in [3.05, 3.63) is 0 Å². The van der Waals surface area contributed by atoms with Crippen LogP contribution in [0.3, 0.4) is 0 Å². The molecule has 1 aliphatic heterocycles. The van der Waals surface area contributed by atoms with Gasteiger partial charge in [-0.3, -0.25) is 9.59 Å². The first kappa shape index (κ1) is 12.2. The van der Waals surface area contributed by atoms with Crippen LogP contribution in [0.25, 0.3) is 0 Å². The summed E-state index contributed by atoms with van der Waals surface area (Å²) in [6.07, 6.45) is 2.02. The lowest BCUT2D eigenvalue weighted by molar-refractivity contribution is -0.132. The van der Waals surface area contributed by atoms with Crippen LogP contribution in [0.2, 0.25) is 0 Å². The minimum absolute atomic E-state index is 0.0113. The lowest BCUT2D eigenvalue weighted by Gasteiger charge is -2.46. The highest BCUT2D eigenvalue weighted by Crippen LogP contribution is 2.28. The van der Waals surface area contributed by atoms with Crippen LogP contribution in [0, 0.1) is 0 Å². The Labute approximate surface area is 90.8 Å². The van der Waals surface area contributed by atoms with E-state index in [1.165, 1.54) is 0 Å². The normalized spacial score (nSPS) is 24.5. The molecule has 4 heteroatoms. The van der Waals surface area contributed by atoms with E-state index < -0.39 is 5.91 Å². The van der Waals surface area contributed by atoms with E-state index in [2.05, 4.69) is 38.3 Å². The number of aldehydes is 1. The van der Waals surface area contributed by atoms with E-state index in [9.17, 15) is 9.59 Å². The van der Waals surface area contributed by atoms with Crippen LogP contribution >= 0.6 is 0 Å². The molecule has 0 spiro atoms. The van der Waals surface area contributed by atoms with Crippen molar-refractivity contribution in [1.29, 1.82) is 0 Å². The Morgan fingerprint density at radius 3 is 2.13 bits per heavy atom. The molecule has 1 aliphatic rings. The molecule has 4 nitrogen and oxygen atoms in total. The van der Waals surface area contributed by atoms with Gasteiger partial charge in [0.15, 0.2) is 0 Å². The molecule has 1 heterocycles. The molecule has 1 fully saturated rings. The Balaban J connectivity index is 2.67. The lowest BCUT2D eigenvalue weighted by Crippen LogP contribution is -2.62. The molecule has 0 saturated carbocycles. The molecule has 0 radical (unpaired) electrons. The third-order valence-electron chi connectivity index (χ3n) is 2.64. The molecule has 1 amide bonds. The van der Waals surface area contributed by atoms with Crippen molar-refractivity contribution < 1.29 is 9.59 Å². The Bertz CT molecular complexity index is 256. The summed E-state index contributed by atoms with van der Waals surface area (Å²) in [5, 5.41) is 6.25. The van der Waals surface area contributed by atoms with Gasteiger partial charge < -0.3 is 10.6 Å². The number of carbonyl (C=O) groups is 2. The fraction of sp³-hybridized carbons (Fsp3) is 0.818. The van der Waals surface area contributed by atoms with Crippen LogP contribution in [0.1, 0.15) is 40.5 Å². The first-order chi connectivity index (χ1) is 6.74. The molecule has 0 atom stereocenters. The fourth-order valence-corrected chi connectivity index (χ4v) is 2.66. The van der Waals surface area contributed by atoms with Crippen LogP contribution in [0.15, 0.2) is 0 Å². The summed E-state index contributed by atoms with van der Waals surface area (Å²) in [6.45, 7) is 8.42. The second-order valence-electron chi connectivity index (χ2n) is 5.62. The fourth-order valence-electron chi connectivity index (χ4n) is 2.66. The van der Waals surface area contributed by atoms with Gasteiger partial charge in [0.25, 0.3) is 5.91 Å². The highest BCUT2D eigenvalue weighted by molar-refractivity contribution is 6.23. The topological polar surface area (TPSA) is 58.2 Å². The summed E-state index contributed by atoms with van der Waals surface area (Å²) in [6, 6.07) is 0.0777. The summed E-state index contributed by atoms with van der Waals surface area (Å²) >= 11 is 0. The van der Waals surface area contributed by atoms with Crippen molar-refractivity contribution in [2.24, 2.45) is 0 Å². The zero-order valence-corrected chi connectivity index (χ0v) is 9.89. The van der Waals surface area contributed by atoms with Crippen molar-refractivity contribution in [2.75, 3.05) is 0 Å². The van der Waals surface area contributed by atoms with E-state index >= 15 is 0 Å². The predicted molar refractivity (Wildman–Crippen MR) is 58.5 cm³/mol. The summed E-state index contributed by atoms with van der Waals surface area (Å²) in [4.78, 5) is 21.3. The molecule has 0 bridgehead atoms. The van der Waals surface area contributed by atoms with E-state index in [1.807, 2.05) is 0 Å². The molecule has 1 saturated heterocycles. The van der Waals surface area contributed by atoms with Crippen molar-refractivity contribution >= 4 is 12.2 Å². The minimum Gasteiger partial charge on any atom is -0.347 e. The average Bonchev–Trinajstić information content (AvgIpc) is 1.97. The average molecular weight is 212 g/mol. The van der Waals surface area contributed by atoms with Crippen molar-refractivity contribution in [2.45, 2.75) is 57.7 Å². The third-order valence-corrected chi connectivity index (χ3v) is 2.64. The van der Waals surface area contributed by atoms with Gasteiger partial charge in [-0.15, -0.1) is 0 Å². The molecule has 15 heavy (non-hydrogen) atoms. The Kier molecular flexibility index (Phi) is 3.19. The quantitative estimate of drug-likeness (QED) is 0.521. The SMILES string of the molecule is CC1(C)CC(NC(=O)C=O)CC(C)(C)N1. The van der Waals surface area contributed by atoms with Crippen molar-refractivity contribution in [3.8, 4) is 0 Å². The monoisotopic (exact) mass is 212 g/mol. The Morgan fingerprint density at radius 1 is 1.27 bits per heavy atom. The van der Waals surface area contributed by atoms with Gasteiger partial charge in [-0.05, 0) is 40.5 Å². The molecule has 0 aromatic rings. The van der Waals surface area contributed by atoms with Gasteiger partial charge in [-0.2, -0.15) is 0 Å². The van der Waals surface area contributed by atoms with Crippen molar-refractivity contribution in [3.63, 3.8) is 0 Å². The smallest absolute Gasteiger partial charge is 0.284 e. The predicted octanol–water partition coefficient (Wildman–Crippen LogP) is 0.611. The number of hydrogen-bond acceptors (Lipinski definition) is 3. The van der Waals surface area contributed by atoms with Gasteiger partial charge >= 0.3 is 0 Å². The molecule has 86 valence electrons. The van der Waals surface area contributed by atoms with Crippen LogP contribution in [0.4, 0.5) is 0 Å². The Morgan fingerprint density at radius 2 is 1.73 bits per heavy atom. The van der Waals surface area contributed by atoms with Crippen LogP contribution < -0.4 is 10.6 Å². The molecular formula is C11H20N2O2. The molecule has 1 rings (SSSR count). The van der Waals surface area contributed by atoms with Crippen molar-refractivity contribution in [1.82, 2.24) is 10.6 Å². The summed E-state index contributed by atoms with van der Waals surface area (Å²) < 4.78 is 0. The van der Waals surface area contributed by atoms with Gasteiger partial charge in [-0.25, -0.2) is 0 Å².